The fraction of sp³-hybridized carbons (Fsp3) is 0.500. The van der Waals surface area contributed by atoms with E-state index in [1.54, 1.807) is 0 Å². The summed E-state index contributed by atoms with van der Waals surface area (Å²) in [6, 6.07) is 6.10. The molecule has 15 heavy (non-hydrogen) atoms. The Morgan fingerprint density at radius 2 is 2.13 bits per heavy atom. The molecule has 0 unspecified atom stereocenters. The fourth-order valence-electron chi connectivity index (χ4n) is 1.90. The van der Waals surface area contributed by atoms with E-state index in [1.165, 1.54) is 0 Å². The average molecular weight is 270 g/mol. The maximum absolute atomic E-state index is 6.09. The van der Waals surface area contributed by atoms with E-state index in [0.717, 1.165) is 35.3 Å². The molecule has 1 aliphatic heterocycles. The Balaban J connectivity index is 2.30. The first kappa shape index (κ1) is 10.8. The van der Waals surface area contributed by atoms with E-state index in [-0.39, 0.29) is 5.60 Å². The van der Waals surface area contributed by atoms with Gasteiger partial charge in [0.2, 0.25) is 0 Å². The lowest BCUT2D eigenvalue weighted by Crippen LogP contribution is -2.44. The van der Waals surface area contributed by atoms with Crippen LogP contribution < -0.4 is 10.1 Å². The normalized spacial score (nSPS) is 17.5. The Bertz CT molecular complexity index is 361. The molecule has 2 nitrogen and oxygen atoms in total. The van der Waals surface area contributed by atoms with Gasteiger partial charge in [0.05, 0.1) is 12.2 Å². The van der Waals surface area contributed by atoms with Crippen molar-refractivity contribution >= 4 is 21.6 Å². The Labute approximate surface area is 99.1 Å². The van der Waals surface area contributed by atoms with Crippen LogP contribution in [-0.2, 0) is 0 Å². The Morgan fingerprint density at radius 1 is 1.40 bits per heavy atom. The molecule has 0 spiro atoms. The van der Waals surface area contributed by atoms with Gasteiger partial charge in [-0.2, -0.15) is 0 Å². The largest absolute Gasteiger partial charge is 0.483 e. The van der Waals surface area contributed by atoms with Crippen LogP contribution in [0.5, 0.6) is 5.75 Å². The summed E-state index contributed by atoms with van der Waals surface area (Å²) < 4.78 is 7.17. The van der Waals surface area contributed by atoms with Crippen LogP contribution in [0.25, 0.3) is 0 Å². The fourth-order valence-corrected chi connectivity index (χ4v) is 2.26. The molecule has 0 aliphatic carbocycles. The van der Waals surface area contributed by atoms with Gasteiger partial charge in [0, 0.05) is 4.47 Å². The molecular weight excluding hydrogens is 254 g/mol. The molecule has 3 heteroatoms. The van der Waals surface area contributed by atoms with Crippen molar-refractivity contribution in [3.8, 4) is 5.75 Å². The van der Waals surface area contributed by atoms with Gasteiger partial charge in [0.25, 0.3) is 0 Å². The minimum atomic E-state index is -0.0270. The van der Waals surface area contributed by atoms with E-state index in [1.807, 2.05) is 12.1 Å². The van der Waals surface area contributed by atoms with Gasteiger partial charge in [0.1, 0.15) is 11.4 Å². The zero-order chi connectivity index (χ0) is 10.9. The molecule has 0 bridgehead atoms. The van der Waals surface area contributed by atoms with E-state index in [2.05, 4.69) is 41.2 Å². The quantitative estimate of drug-likeness (QED) is 0.882. The molecule has 0 amide bonds. The van der Waals surface area contributed by atoms with Gasteiger partial charge in [-0.1, -0.05) is 29.8 Å². The van der Waals surface area contributed by atoms with Gasteiger partial charge in [-0.3, -0.25) is 0 Å². The Morgan fingerprint density at radius 3 is 2.80 bits per heavy atom. The highest BCUT2D eigenvalue weighted by molar-refractivity contribution is 9.10. The van der Waals surface area contributed by atoms with Crippen LogP contribution in [0.2, 0.25) is 0 Å². The number of nitrogens with one attached hydrogen (secondary N) is 1. The summed E-state index contributed by atoms with van der Waals surface area (Å²) in [6.45, 7) is 5.24. The van der Waals surface area contributed by atoms with E-state index in [9.17, 15) is 0 Å². The molecule has 82 valence electrons. The summed E-state index contributed by atoms with van der Waals surface area (Å²) in [5.41, 5.74) is 1.06. The van der Waals surface area contributed by atoms with Gasteiger partial charge in [0.15, 0.2) is 0 Å². The highest BCUT2D eigenvalue weighted by Gasteiger charge is 2.32. The second kappa shape index (κ2) is 4.05. The molecule has 0 aromatic heterocycles. The number of benzene rings is 1. The van der Waals surface area contributed by atoms with Gasteiger partial charge < -0.3 is 10.1 Å². The highest BCUT2D eigenvalue weighted by Crippen LogP contribution is 2.37. The zero-order valence-corrected chi connectivity index (χ0v) is 10.7. The van der Waals surface area contributed by atoms with E-state index in [0.29, 0.717) is 0 Å². The van der Waals surface area contributed by atoms with Crippen molar-refractivity contribution in [1.29, 1.82) is 0 Å². The second-order valence-electron chi connectivity index (χ2n) is 3.99. The zero-order valence-electron chi connectivity index (χ0n) is 9.14. The van der Waals surface area contributed by atoms with Crippen molar-refractivity contribution < 1.29 is 4.74 Å². The molecule has 0 radical (unpaired) electrons. The first-order valence-electron chi connectivity index (χ1n) is 5.41. The number of hydrogen-bond acceptors (Lipinski definition) is 2. The second-order valence-corrected chi connectivity index (χ2v) is 4.90. The molecule has 1 N–H and O–H groups in total. The third kappa shape index (κ3) is 1.98. The topological polar surface area (TPSA) is 21.3 Å². The molecule has 1 aromatic carbocycles. The molecule has 1 aliphatic rings. The third-order valence-corrected chi connectivity index (χ3v) is 3.65. The minimum absolute atomic E-state index is 0.0270. The van der Waals surface area contributed by atoms with Gasteiger partial charge in [-0.25, -0.2) is 0 Å². The lowest BCUT2D eigenvalue weighted by molar-refractivity contribution is 0.0670. The molecule has 1 heterocycles. The lowest BCUT2D eigenvalue weighted by Gasteiger charge is -2.38. The SMILES string of the molecule is CCC1(CC)CNc2cc(Br)ccc2O1. The highest BCUT2D eigenvalue weighted by atomic mass is 79.9. The van der Waals surface area contributed by atoms with Gasteiger partial charge in [-0.15, -0.1) is 0 Å². The number of ether oxygens (including phenoxy) is 1. The number of hydrogen-bond donors (Lipinski definition) is 1. The van der Waals surface area contributed by atoms with Crippen LogP contribution in [0.1, 0.15) is 26.7 Å². The van der Waals surface area contributed by atoms with E-state index in [4.69, 9.17) is 4.74 Å². The number of halogens is 1. The molecule has 0 saturated carbocycles. The molecule has 2 rings (SSSR count). The first-order chi connectivity index (χ1) is 7.19. The van der Waals surface area contributed by atoms with Crippen LogP contribution in [0, 0.1) is 0 Å². The first-order valence-corrected chi connectivity index (χ1v) is 6.21. The standard InChI is InChI=1S/C12H16BrNO/c1-3-12(4-2)8-14-10-7-9(13)5-6-11(10)15-12/h5-7,14H,3-4,8H2,1-2H3. The van der Waals surface area contributed by atoms with Crippen molar-refractivity contribution in [3.63, 3.8) is 0 Å². The number of anilines is 1. The maximum Gasteiger partial charge on any atom is 0.143 e. The third-order valence-electron chi connectivity index (χ3n) is 3.16. The predicted molar refractivity (Wildman–Crippen MR) is 66.6 cm³/mol. The van der Waals surface area contributed by atoms with Crippen molar-refractivity contribution in [2.75, 3.05) is 11.9 Å². The molecule has 1 aromatic rings. The molecule has 0 saturated heterocycles. The number of fused-ring (bicyclic) bond motifs is 1. The smallest absolute Gasteiger partial charge is 0.143 e. The molecular formula is C12H16BrNO. The molecule has 0 atom stereocenters. The molecule has 0 fully saturated rings. The van der Waals surface area contributed by atoms with Crippen LogP contribution in [0.15, 0.2) is 22.7 Å². The number of rotatable bonds is 2. The summed E-state index contributed by atoms with van der Waals surface area (Å²) in [4.78, 5) is 0. The van der Waals surface area contributed by atoms with Crippen LogP contribution >= 0.6 is 15.9 Å². The van der Waals surface area contributed by atoms with Crippen molar-refractivity contribution in [1.82, 2.24) is 0 Å². The van der Waals surface area contributed by atoms with Crippen LogP contribution in [0.4, 0.5) is 5.69 Å². The van der Waals surface area contributed by atoms with Gasteiger partial charge in [-0.05, 0) is 31.0 Å². The lowest BCUT2D eigenvalue weighted by atomic mass is 9.95. The summed E-state index contributed by atoms with van der Waals surface area (Å²) >= 11 is 3.46. The maximum atomic E-state index is 6.09. The van der Waals surface area contributed by atoms with Crippen LogP contribution in [-0.4, -0.2) is 12.1 Å². The van der Waals surface area contributed by atoms with E-state index < -0.39 is 0 Å². The van der Waals surface area contributed by atoms with Crippen molar-refractivity contribution in [3.05, 3.63) is 22.7 Å². The Kier molecular flexibility index (Phi) is 2.91. The average Bonchev–Trinajstić information content (AvgIpc) is 2.28. The van der Waals surface area contributed by atoms with E-state index >= 15 is 0 Å². The predicted octanol–water partition coefficient (Wildman–Crippen LogP) is 3.81. The Hall–Kier alpha value is -0.700. The summed E-state index contributed by atoms with van der Waals surface area (Å²) in [5.74, 6) is 0.966. The summed E-state index contributed by atoms with van der Waals surface area (Å²) in [6.07, 6.45) is 2.07. The monoisotopic (exact) mass is 269 g/mol. The van der Waals surface area contributed by atoms with Gasteiger partial charge >= 0.3 is 0 Å². The van der Waals surface area contributed by atoms with Crippen LogP contribution in [0.3, 0.4) is 0 Å². The summed E-state index contributed by atoms with van der Waals surface area (Å²) in [7, 11) is 0. The van der Waals surface area contributed by atoms with Crippen molar-refractivity contribution in [2.24, 2.45) is 0 Å². The van der Waals surface area contributed by atoms with Crippen molar-refractivity contribution in [2.45, 2.75) is 32.3 Å². The summed E-state index contributed by atoms with van der Waals surface area (Å²) in [5, 5.41) is 3.44. The minimum Gasteiger partial charge on any atom is -0.483 e.